The quantitative estimate of drug-likeness (QED) is 0.473. The molecule has 2 heteroatoms. The van der Waals surface area contributed by atoms with Crippen molar-refractivity contribution in [3.63, 3.8) is 0 Å². The van der Waals surface area contributed by atoms with Crippen LogP contribution >= 0.6 is 0 Å². The summed E-state index contributed by atoms with van der Waals surface area (Å²) in [7, 11) is -2.90. The molecule has 0 heterocycles. The predicted octanol–water partition coefficient (Wildman–Crippen LogP) is 7.42. The monoisotopic (exact) mass is 314 g/mol. The van der Waals surface area contributed by atoms with E-state index >= 15 is 0 Å². The van der Waals surface area contributed by atoms with Gasteiger partial charge in [-0.05, 0) is 10.1 Å². The molecule has 122 valence electrons. The zero-order valence-corrected chi connectivity index (χ0v) is 18.7. The lowest BCUT2D eigenvalue weighted by atomic mass is 10.2. The molecule has 0 aliphatic heterocycles. The van der Waals surface area contributed by atoms with E-state index in [0.29, 0.717) is 10.1 Å². The Morgan fingerprint density at radius 2 is 0.750 bits per heavy atom. The van der Waals surface area contributed by atoms with Crippen molar-refractivity contribution in [2.24, 2.45) is 0 Å². The molecule has 0 aliphatic rings. The lowest BCUT2D eigenvalue weighted by molar-refractivity contribution is 0.623. The zero-order valence-electron chi connectivity index (χ0n) is 16.7. The minimum absolute atomic E-state index is 0.469. The van der Waals surface area contributed by atoms with Crippen molar-refractivity contribution in [2.75, 3.05) is 0 Å². The molecule has 0 amide bonds. The summed E-state index contributed by atoms with van der Waals surface area (Å²) in [5.74, 6) is 0. The Bertz CT molecular complexity index is 278. The SMILES string of the molecule is CC(C)[Si](C(C)C)(C(C)C)[Si](C)(C(C)(C)C)C(C)(C)C. The number of rotatable bonds is 4. The normalized spacial score (nSPS) is 15.6. The van der Waals surface area contributed by atoms with Gasteiger partial charge in [-0.3, -0.25) is 0 Å². The fraction of sp³-hybridized carbons (Fsp3) is 1.00. The molecule has 0 fully saturated rings. The van der Waals surface area contributed by atoms with Crippen molar-refractivity contribution in [3.05, 3.63) is 0 Å². The first-order valence-corrected chi connectivity index (χ1v) is 14.3. The van der Waals surface area contributed by atoms with Crippen molar-refractivity contribution in [1.29, 1.82) is 0 Å². The van der Waals surface area contributed by atoms with Crippen LogP contribution in [0.3, 0.4) is 0 Å². The molecule has 0 N–H and O–H groups in total. The second-order valence-electron chi connectivity index (χ2n) is 10.0. The van der Waals surface area contributed by atoms with Gasteiger partial charge in [0.1, 0.15) is 0 Å². The Balaban J connectivity index is 6.65. The molecular formula is C18H42Si2. The fourth-order valence-electron chi connectivity index (χ4n) is 6.16. The highest BCUT2D eigenvalue weighted by molar-refractivity contribution is 7.45. The van der Waals surface area contributed by atoms with Crippen LogP contribution in [0.25, 0.3) is 0 Å². The summed E-state index contributed by atoms with van der Waals surface area (Å²) in [5.41, 5.74) is 2.62. The average molecular weight is 315 g/mol. The number of hydrogen-bond donors (Lipinski definition) is 0. The topological polar surface area (TPSA) is 0 Å². The average Bonchev–Trinajstić information content (AvgIpc) is 2.12. The highest BCUT2D eigenvalue weighted by Gasteiger charge is 2.65. The van der Waals surface area contributed by atoms with Crippen LogP contribution in [-0.4, -0.2) is 15.2 Å². The Hall–Kier alpha value is 0.434. The lowest BCUT2D eigenvalue weighted by Crippen LogP contribution is -2.74. The molecular weight excluding hydrogens is 272 g/mol. The largest absolute Gasteiger partial charge is 0.0703 e. The molecule has 0 nitrogen and oxygen atoms in total. The van der Waals surface area contributed by atoms with Gasteiger partial charge >= 0.3 is 0 Å². The minimum atomic E-state index is -1.48. The van der Waals surface area contributed by atoms with Crippen LogP contribution in [-0.2, 0) is 0 Å². The summed E-state index contributed by atoms with van der Waals surface area (Å²) >= 11 is 0. The van der Waals surface area contributed by atoms with Crippen LogP contribution in [0.15, 0.2) is 0 Å². The van der Waals surface area contributed by atoms with E-state index in [0.717, 1.165) is 16.6 Å². The molecule has 0 rings (SSSR count). The van der Waals surface area contributed by atoms with Gasteiger partial charge in [0.25, 0.3) is 0 Å². The molecule has 0 unspecified atom stereocenters. The standard InChI is InChI=1S/C18H42Si2/c1-14(2)20(15(3)4,16(5)6)19(13,17(7,8)9)18(10,11)12/h14-16H,1-13H3. The van der Waals surface area contributed by atoms with Gasteiger partial charge in [0.15, 0.2) is 0 Å². The molecule has 20 heavy (non-hydrogen) atoms. The van der Waals surface area contributed by atoms with Crippen molar-refractivity contribution >= 4 is 15.2 Å². The Labute approximate surface area is 131 Å². The van der Waals surface area contributed by atoms with Gasteiger partial charge in [0.05, 0.1) is 15.2 Å². The summed E-state index contributed by atoms with van der Waals surface area (Å²) < 4.78 is 0. The Kier molecular flexibility index (Phi) is 6.04. The second-order valence-corrected chi connectivity index (χ2v) is 26.2. The third kappa shape index (κ3) is 2.71. The van der Waals surface area contributed by atoms with E-state index in [1.165, 1.54) is 0 Å². The first kappa shape index (κ1) is 20.4. The maximum atomic E-state index is 2.76. The highest BCUT2D eigenvalue weighted by atomic mass is 29.3. The predicted molar refractivity (Wildman–Crippen MR) is 102 cm³/mol. The summed E-state index contributed by atoms with van der Waals surface area (Å²) in [5, 5.41) is 0.937. The molecule has 0 aromatic heterocycles. The van der Waals surface area contributed by atoms with Crippen LogP contribution in [0.1, 0.15) is 83.1 Å². The van der Waals surface area contributed by atoms with Crippen LogP contribution in [0, 0.1) is 0 Å². The summed E-state index contributed by atoms with van der Waals surface area (Å²) in [4.78, 5) is 0. The van der Waals surface area contributed by atoms with Crippen molar-refractivity contribution in [2.45, 2.75) is 116 Å². The summed E-state index contributed by atoms with van der Waals surface area (Å²) in [6, 6.07) is 0. The second kappa shape index (κ2) is 5.91. The molecule has 0 radical (unpaired) electrons. The summed E-state index contributed by atoms with van der Waals surface area (Å²) in [6.07, 6.45) is 0. The molecule has 0 aromatic carbocycles. The van der Waals surface area contributed by atoms with Gasteiger partial charge in [0.2, 0.25) is 0 Å². The maximum absolute atomic E-state index is 2.76. The fourth-order valence-corrected chi connectivity index (χ4v) is 36.7. The molecule has 0 bridgehead atoms. The van der Waals surface area contributed by atoms with Crippen LogP contribution < -0.4 is 0 Å². The van der Waals surface area contributed by atoms with Crippen molar-refractivity contribution < 1.29 is 0 Å². The van der Waals surface area contributed by atoms with E-state index in [2.05, 4.69) is 89.6 Å². The molecule has 0 saturated carbocycles. The van der Waals surface area contributed by atoms with Gasteiger partial charge in [0, 0.05) is 0 Å². The third-order valence-electron chi connectivity index (χ3n) is 6.73. The zero-order chi connectivity index (χ0) is 16.7. The third-order valence-corrected chi connectivity index (χ3v) is 35.1. The maximum Gasteiger partial charge on any atom is 0.0561 e. The van der Waals surface area contributed by atoms with Gasteiger partial charge < -0.3 is 0 Å². The molecule has 0 aliphatic carbocycles. The van der Waals surface area contributed by atoms with Crippen LogP contribution in [0.5, 0.6) is 0 Å². The molecule has 0 spiro atoms. The Morgan fingerprint density at radius 3 is 0.800 bits per heavy atom. The molecule has 0 saturated heterocycles. The molecule has 0 aromatic rings. The molecule has 0 atom stereocenters. The van der Waals surface area contributed by atoms with E-state index in [1.807, 2.05) is 0 Å². The van der Waals surface area contributed by atoms with E-state index in [4.69, 9.17) is 0 Å². The lowest BCUT2D eigenvalue weighted by Gasteiger charge is -2.65. The van der Waals surface area contributed by atoms with Gasteiger partial charge in [-0.15, -0.1) is 0 Å². The smallest absolute Gasteiger partial charge is 0.0561 e. The number of hydrogen-bond acceptors (Lipinski definition) is 0. The van der Waals surface area contributed by atoms with Gasteiger partial charge in [-0.1, -0.05) is 106 Å². The Morgan fingerprint density at radius 1 is 0.550 bits per heavy atom. The highest BCUT2D eigenvalue weighted by Crippen LogP contribution is 2.63. The van der Waals surface area contributed by atoms with Crippen molar-refractivity contribution in [1.82, 2.24) is 0 Å². The first-order valence-electron chi connectivity index (χ1n) is 8.58. The van der Waals surface area contributed by atoms with E-state index < -0.39 is 15.2 Å². The first-order chi connectivity index (χ1) is 8.58. The summed E-state index contributed by atoms with van der Waals surface area (Å²) in [6.45, 7) is 33.2. The van der Waals surface area contributed by atoms with Gasteiger partial charge in [-0.25, -0.2) is 0 Å². The van der Waals surface area contributed by atoms with Crippen LogP contribution in [0.2, 0.25) is 33.2 Å². The van der Waals surface area contributed by atoms with E-state index in [-0.39, 0.29) is 0 Å². The van der Waals surface area contributed by atoms with Crippen LogP contribution in [0.4, 0.5) is 0 Å². The minimum Gasteiger partial charge on any atom is -0.0703 e. The van der Waals surface area contributed by atoms with E-state index in [9.17, 15) is 0 Å². The van der Waals surface area contributed by atoms with Gasteiger partial charge in [-0.2, -0.15) is 0 Å². The van der Waals surface area contributed by atoms with E-state index in [1.54, 1.807) is 0 Å². The van der Waals surface area contributed by atoms with Crippen molar-refractivity contribution in [3.8, 4) is 0 Å².